The molecule has 26 heavy (non-hydrogen) atoms. The van der Waals surface area contributed by atoms with Crippen LogP contribution in [0.5, 0.6) is 5.75 Å². The van der Waals surface area contributed by atoms with Crippen LogP contribution in [0.2, 0.25) is 0 Å². The molecule has 0 aliphatic carbocycles. The van der Waals surface area contributed by atoms with Gasteiger partial charge in [-0.3, -0.25) is 4.99 Å². The maximum atomic E-state index is 12.9. The maximum Gasteiger partial charge on any atom is 0.191 e. The predicted molar refractivity (Wildman–Crippen MR) is 111 cm³/mol. The lowest BCUT2D eigenvalue weighted by Crippen LogP contribution is -2.42. The van der Waals surface area contributed by atoms with Gasteiger partial charge in [-0.05, 0) is 44.0 Å². The summed E-state index contributed by atoms with van der Waals surface area (Å²) in [6, 6.07) is 6.01. The number of aliphatic imine (C=N–C) groups is 1. The van der Waals surface area contributed by atoms with Crippen molar-refractivity contribution in [2.75, 3.05) is 20.1 Å². The van der Waals surface area contributed by atoms with Gasteiger partial charge in [-0.15, -0.1) is 34.2 Å². The van der Waals surface area contributed by atoms with E-state index >= 15 is 0 Å². The maximum absolute atomic E-state index is 12.9. The second-order valence-electron chi connectivity index (χ2n) is 5.67. The minimum atomic E-state index is -0.271. The molecule has 1 atom stereocenters. The van der Waals surface area contributed by atoms with E-state index in [1.54, 1.807) is 31.8 Å². The molecular formula is C17H26FIN6O. The first-order valence-electron chi connectivity index (χ1n) is 8.36. The summed E-state index contributed by atoms with van der Waals surface area (Å²) in [5.41, 5.74) is 0. The first-order valence-corrected chi connectivity index (χ1v) is 8.36. The average Bonchev–Trinajstić information content (AvgIpc) is 3.13. The molecule has 0 aliphatic rings. The van der Waals surface area contributed by atoms with Gasteiger partial charge in [0.1, 0.15) is 30.3 Å². The summed E-state index contributed by atoms with van der Waals surface area (Å²) in [6.45, 7) is 4.28. The standard InChI is InChI=1S/C17H25FN6O.HI/c1-14(25-16-7-5-15(18)6-8-16)11-21-17(19-2)20-9-3-4-10-24-12-22-23-13-24;/h5-8,12-14H,3-4,9-11H2,1-2H3,(H2,19,20,21);1H. The Balaban J connectivity index is 0.00000338. The van der Waals surface area contributed by atoms with E-state index in [9.17, 15) is 4.39 Å². The fourth-order valence-electron chi connectivity index (χ4n) is 2.21. The molecular weight excluding hydrogens is 450 g/mol. The molecule has 0 aliphatic heterocycles. The Hall–Kier alpha value is -1.91. The van der Waals surface area contributed by atoms with Crippen LogP contribution in [0.1, 0.15) is 19.8 Å². The van der Waals surface area contributed by atoms with E-state index in [2.05, 4.69) is 25.8 Å². The van der Waals surface area contributed by atoms with Crippen molar-refractivity contribution in [2.45, 2.75) is 32.4 Å². The first-order chi connectivity index (χ1) is 12.2. The molecule has 0 saturated carbocycles. The van der Waals surface area contributed by atoms with Gasteiger partial charge in [0.15, 0.2) is 5.96 Å². The van der Waals surface area contributed by atoms with Crippen LogP contribution in [0.25, 0.3) is 0 Å². The van der Waals surface area contributed by atoms with Crippen LogP contribution in [-0.4, -0.2) is 47.0 Å². The van der Waals surface area contributed by atoms with E-state index in [1.165, 1.54) is 12.1 Å². The van der Waals surface area contributed by atoms with Crippen molar-refractivity contribution in [3.05, 3.63) is 42.7 Å². The van der Waals surface area contributed by atoms with Gasteiger partial charge in [-0.1, -0.05) is 0 Å². The zero-order chi connectivity index (χ0) is 17.9. The van der Waals surface area contributed by atoms with E-state index in [-0.39, 0.29) is 35.9 Å². The number of aromatic nitrogens is 3. The quantitative estimate of drug-likeness (QED) is 0.252. The second-order valence-corrected chi connectivity index (χ2v) is 5.67. The highest BCUT2D eigenvalue weighted by Crippen LogP contribution is 2.12. The van der Waals surface area contributed by atoms with Gasteiger partial charge in [-0.25, -0.2) is 4.39 Å². The van der Waals surface area contributed by atoms with Gasteiger partial charge in [0, 0.05) is 20.1 Å². The van der Waals surface area contributed by atoms with Crippen LogP contribution < -0.4 is 15.4 Å². The van der Waals surface area contributed by atoms with Crippen molar-refractivity contribution in [3.8, 4) is 5.75 Å². The van der Waals surface area contributed by atoms with Gasteiger partial charge in [-0.2, -0.15) is 0 Å². The van der Waals surface area contributed by atoms with Gasteiger partial charge < -0.3 is 19.9 Å². The fourth-order valence-corrected chi connectivity index (χ4v) is 2.21. The number of nitrogens with zero attached hydrogens (tertiary/aromatic N) is 4. The van der Waals surface area contributed by atoms with Crippen molar-refractivity contribution < 1.29 is 9.13 Å². The van der Waals surface area contributed by atoms with Crippen molar-refractivity contribution in [1.29, 1.82) is 0 Å². The van der Waals surface area contributed by atoms with Crippen molar-refractivity contribution >= 4 is 29.9 Å². The molecule has 0 spiro atoms. The molecule has 0 saturated heterocycles. The highest BCUT2D eigenvalue weighted by atomic mass is 127. The molecule has 9 heteroatoms. The van der Waals surface area contributed by atoms with Crippen LogP contribution in [0, 0.1) is 5.82 Å². The summed E-state index contributed by atoms with van der Waals surface area (Å²) < 4.78 is 20.6. The SMILES string of the molecule is CN=C(NCCCCn1cnnc1)NCC(C)Oc1ccc(F)cc1.I. The third-order valence-corrected chi connectivity index (χ3v) is 3.53. The zero-order valence-electron chi connectivity index (χ0n) is 15.1. The summed E-state index contributed by atoms with van der Waals surface area (Å²) >= 11 is 0. The molecule has 2 aromatic rings. The lowest BCUT2D eigenvalue weighted by Gasteiger charge is -2.17. The third-order valence-electron chi connectivity index (χ3n) is 3.53. The summed E-state index contributed by atoms with van der Waals surface area (Å²) in [4.78, 5) is 4.19. The Morgan fingerprint density at radius 1 is 1.19 bits per heavy atom. The molecule has 0 amide bonds. The summed E-state index contributed by atoms with van der Waals surface area (Å²) in [7, 11) is 1.73. The number of rotatable bonds is 9. The Morgan fingerprint density at radius 2 is 1.88 bits per heavy atom. The molecule has 2 N–H and O–H groups in total. The molecule has 0 bridgehead atoms. The molecule has 1 heterocycles. The summed E-state index contributed by atoms with van der Waals surface area (Å²) in [6.07, 6.45) is 5.41. The van der Waals surface area contributed by atoms with Crippen molar-refractivity contribution in [1.82, 2.24) is 25.4 Å². The minimum Gasteiger partial charge on any atom is -0.489 e. The minimum absolute atomic E-state index is 0. The van der Waals surface area contributed by atoms with Crippen LogP contribution >= 0.6 is 24.0 Å². The van der Waals surface area contributed by atoms with Crippen molar-refractivity contribution in [3.63, 3.8) is 0 Å². The topological polar surface area (TPSA) is 76.4 Å². The number of guanidine groups is 1. The molecule has 0 radical (unpaired) electrons. The monoisotopic (exact) mass is 476 g/mol. The van der Waals surface area contributed by atoms with Crippen LogP contribution in [0.3, 0.4) is 0 Å². The lowest BCUT2D eigenvalue weighted by atomic mass is 10.3. The molecule has 1 aromatic heterocycles. The molecule has 2 rings (SSSR count). The summed E-state index contributed by atoms with van der Waals surface area (Å²) in [5.74, 6) is 1.11. The van der Waals surface area contributed by atoms with Crippen LogP contribution in [-0.2, 0) is 6.54 Å². The molecule has 7 nitrogen and oxygen atoms in total. The first kappa shape index (κ1) is 22.1. The fraction of sp³-hybridized carbons (Fsp3) is 0.471. The normalized spacial score (nSPS) is 12.2. The number of hydrogen-bond acceptors (Lipinski definition) is 4. The van der Waals surface area contributed by atoms with E-state index in [4.69, 9.17) is 4.74 Å². The van der Waals surface area contributed by atoms with Crippen LogP contribution in [0.15, 0.2) is 41.9 Å². The number of ether oxygens (including phenoxy) is 1. The largest absolute Gasteiger partial charge is 0.489 e. The van der Waals surface area contributed by atoms with E-state index in [1.807, 2.05) is 11.5 Å². The third kappa shape index (κ3) is 8.45. The lowest BCUT2D eigenvalue weighted by molar-refractivity contribution is 0.223. The Labute approximate surface area is 170 Å². The molecule has 1 aromatic carbocycles. The van der Waals surface area contributed by atoms with Gasteiger partial charge in [0.05, 0.1) is 6.54 Å². The number of unbranched alkanes of at least 4 members (excludes halogenated alkanes) is 1. The number of hydrogen-bond donors (Lipinski definition) is 2. The Bertz CT molecular complexity index is 635. The average molecular weight is 476 g/mol. The number of benzene rings is 1. The molecule has 1 unspecified atom stereocenters. The van der Waals surface area contributed by atoms with E-state index in [0.717, 1.165) is 31.9 Å². The smallest absolute Gasteiger partial charge is 0.191 e. The Morgan fingerprint density at radius 3 is 2.54 bits per heavy atom. The van der Waals surface area contributed by atoms with Gasteiger partial charge in [0.25, 0.3) is 0 Å². The highest BCUT2D eigenvalue weighted by Gasteiger charge is 2.06. The number of aryl methyl sites for hydroxylation is 1. The Kier molecular flexibility index (Phi) is 10.6. The van der Waals surface area contributed by atoms with Crippen molar-refractivity contribution in [2.24, 2.45) is 4.99 Å². The predicted octanol–water partition coefficient (Wildman–Crippen LogP) is 2.45. The highest BCUT2D eigenvalue weighted by molar-refractivity contribution is 14.0. The van der Waals surface area contributed by atoms with Gasteiger partial charge >= 0.3 is 0 Å². The summed E-state index contributed by atoms with van der Waals surface area (Å²) in [5, 5.41) is 14.0. The number of halogens is 2. The van der Waals surface area contributed by atoms with E-state index in [0.29, 0.717) is 12.3 Å². The van der Waals surface area contributed by atoms with E-state index < -0.39 is 0 Å². The zero-order valence-corrected chi connectivity index (χ0v) is 17.4. The van der Waals surface area contributed by atoms with Crippen LogP contribution in [0.4, 0.5) is 4.39 Å². The van der Waals surface area contributed by atoms with Gasteiger partial charge in [0.2, 0.25) is 0 Å². The molecule has 0 fully saturated rings. The second kappa shape index (κ2) is 12.4. The molecule has 144 valence electrons. The number of nitrogens with one attached hydrogen (secondary N) is 2.